The predicted octanol–water partition coefficient (Wildman–Crippen LogP) is 6.39. The molecule has 2 heteroatoms. The molecule has 0 unspecified atom stereocenters. The van der Waals surface area contributed by atoms with Crippen LogP contribution in [-0.2, 0) is 6.42 Å². The van der Waals surface area contributed by atoms with Gasteiger partial charge in [0, 0.05) is 24.8 Å². The molecule has 0 aliphatic heterocycles. The van der Waals surface area contributed by atoms with Gasteiger partial charge in [-0.3, -0.25) is 9.97 Å². The molecule has 1 aliphatic carbocycles. The van der Waals surface area contributed by atoms with Gasteiger partial charge in [-0.25, -0.2) is 0 Å². The molecule has 0 amide bonds. The number of aromatic nitrogens is 2. The van der Waals surface area contributed by atoms with Crippen LogP contribution in [0.1, 0.15) is 33.4 Å². The van der Waals surface area contributed by atoms with Crippen molar-refractivity contribution >= 4 is 24.3 Å². The van der Waals surface area contributed by atoms with E-state index in [2.05, 4.69) is 70.7 Å². The van der Waals surface area contributed by atoms with Crippen molar-refractivity contribution in [2.75, 3.05) is 0 Å². The summed E-state index contributed by atoms with van der Waals surface area (Å²) in [5.41, 5.74) is 10.3. The zero-order valence-electron chi connectivity index (χ0n) is 16.0. The first-order chi connectivity index (χ1) is 14.3. The van der Waals surface area contributed by atoms with Gasteiger partial charge in [-0.1, -0.05) is 60.7 Å². The Morgan fingerprint density at radius 2 is 0.897 bits per heavy atom. The molecule has 138 valence electrons. The standard InChI is InChI=1S/C27H20N2/c1(20-9-13-28-14-10-20)3-22-5-7-26-24(17-22)19-25-18-23(6-8-27(25)26)4-2-21-11-15-29-16-12-21/h1-18H,19H2/b3-1+,4-2+. The third kappa shape index (κ3) is 3.78. The summed E-state index contributed by atoms with van der Waals surface area (Å²) in [5, 5.41) is 0. The molecule has 0 atom stereocenters. The molecule has 0 bridgehead atoms. The average Bonchev–Trinajstić information content (AvgIpc) is 3.14. The predicted molar refractivity (Wildman–Crippen MR) is 121 cm³/mol. The van der Waals surface area contributed by atoms with Gasteiger partial charge < -0.3 is 0 Å². The summed E-state index contributed by atoms with van der Waals surface area (Å²) in [6.45, 7) is 0. The minimum atomic E-state index is 0.985. The van der Waals surface area contributed by atoms with E-state index in [9.17, 15) is 0 Å². The van der Waals surface area contributed by atoms with E-state index in [0.29, 0.717) is 0 Å². The zero-order chi connectivity index (χ0) is 19.5. The molecule has 0 fully saturated rings. The zero-order valence-corrected chi connectivity index (χ0v) is 16.0. The Hall–Kier alpha value is -3.78. The Bertz CT molecular complexity index is 1110. The van der Waals surface area contributed by atoms with Gasteiger partial charge in [-0.2, -0.15) is 0 Å². The molecule has 0 N–H and O–H groups in total. The molecule has 5 rings (SSSR count). The Kier molecular flexibility index (Phi) is 4.59. The lowest BCUT2D eigenvalue weighted by Gasteiger charge is -2.03. The van der Waals surface area contributed by atoms with Crippen LogP contribution in [0.4, 0.5) is 0 Å². The molecule has 0 spiro atoms. The molecule has 0 saturated carbocycles. The Morgan fingerprint density at radius 1 is 0.483 bits per heavy atom. The van der Waals surface area contributed by atoms with Crippen molar-refractivity contribution in [2.45, 2.75) is 6.42 Å². The van der Waals surface area contributed by atoms with Gasteiger partial charge in [0.15, 0.2) is 0 Å². The first-order valence-corrected chi connectivity index (χ1v) is 9.78. The van der Waals surface area contributed by atoms with Crippen LogP contribution in [0.5, 0.6) is 0 Å². The van der Waals surface area contributed by atoms with Crippen LogP contribution >= 0.6 is 0 Å². The van der Waals surface area contributed by atoms with Crippen molar-refractivity contribution in [3.05, 3.63) is 119 Å². The second kappa shape index (κ2) is 7.69. The molecule has 0 radical (unpaired) electrons. The van der Waals surface area contributed by atoms with E-state index in [-0.39, 0.29) is 0 Å². The number of fused-ring (bicyclic) bond motifs is 3. The second-order valence-corrected chi connectivity index (χ2v) is 7.24. The lowest BCUT2D eigenvalue weighted by atomic mass is 10.0. The maximum atomic E-state index is 4.07. The van der Waals surface area contributed by atoms with Gasteiger partial charge in [-0.15, -0.1) is 0 Å². The molecular formula is C27H20N2. The Morgan fingerprint density at radius 3 is 1.34 bits per heavy atom. The van der Waals surface area contributed by atoms with E-state index >= 15 is 0 Å². The molecule has 29 heavy (non-hydrogen) atoms. The largest absolute Gasteiger partial charge is 0.265 e. The van der Waals surface area contributed by atoms with Crippen molar-refractivity contribution in [2.24, 2.45) is 0 Å². The number of benzene rings is 2. The maximum Gasteiger partial charge on any atom is 0.0273 e. The molecule has 2 aromatic carbocycles. The molecular weight excluding hydrogens is 352 g/mol. The van der Waals surface area contributed by atoms with Crippen LogP contribution in [0, 0.1) is 0 Å². The lowest BCUT2D eigenvalue weighted by Crippen LogP contribution is -1.82. The van der Waals surface area contributed by atoms with Crippen LogP contribution in [0.3, 0.4) is 0 Å². The van der Waals surface area contributed by atoms with Crippen molar-refractivity contribution < 1.29 is 0 Å². The van der Waals surface area contributed by atoms with E-state index in [1.54, 1.807) is 0 Å². The highest BCUT2D eigenvalue weighted by atomic mass is 14.6. The third-order valence-corrected chi connectivity index (χ3v) is 5.28. The normalized spacial score (nSPS) is 12.4. The van der Waals surface area contributed by atoms with E-state index in [1.807, 2.05) is 49.1 Å². The number of pyridine rings is 2. The monoisotopic (exact) mass is 372 g/mol. The fourth-order valence-corrected chi connectivity index (χ4v) is 3.79. The smallest absolute Gasteiger partial charge is 0.0273 e. The van der Waals surface area contributed by atoms with E-state index in [1.165, 1.54) is 33.4 Å². The quantitative estimate of drug-likeness (QED) is 0.365. The van der Waals surface area contributed by atoms with Crippen LogP contribution < -0.4 is 0 Å². The van der Waals surface area contributed by atoms with Crippen LogP contribution in [0.25, 0.3) is 35.4 Å². The minimum Gasteiger partial charge on any atom is -0.265 e. The molecule has 2 nitrogen and oxygen atoms in total. The summed E-state index contributed by atoms with van der Waals surface area (Å²) < 4.78 is 0. The average molecular weight is 372 g/mol. The number of hydrogen-bond donors (Lipinski definition) is 0. The van der Waals surface area contributed by atoms with Crippen LogP contribution in [-0.4, -0.2) is 9.97 Å². The molecule has 4 aromatic rings. The SMILES string of the molecule is C(=C\c1ccc2c(c1)Cc1cc(/C=C/c3ccncc3)ccc1-2)/c1ccncc1. The van der Waals surface area contributed by atoms with E-state index in [0.717, 1.165) is 17.5 Å². The van der Waals surface area contributed by atoms with E-state index in [4.69, 9.17) is 0 Å². The fourth-order valence-electron chi connectivity index (χ4n) is 3.79. The van der Waals surface area contributed by atoms with Crippen molar-refractivity contribution in [1.29, 1.82) is 0 Å². The fraction of sp³-hybridized carbons (Fsp3) is 0.0370. The van der Waals surface area contributed by atoms with Gasteiger partial charge in [0.05, 0.1) is 0 Å². The summed E-state index contributed by atoms with van der Waals surface area (Å²) in [6, 6.07) is 21.6. The highest BCUT2D eigenvalue weighted by molar-refractivity contribution is 5.81. The van der Waals surface area contributed by atoms with Gasteiger partial charge >= 0.3 is 0 Å². The summed E-state index contributed by atoms with van der Waals surface area (Å²) in [7, 11) is 0. The van der Waals surface area contributed by atoms with Crippen molar-refractivity contribution in [1.82, 2.24) is 9.97 Å². The van der Waals surface area contributed by atoms with Gasteiger partial charge in [0.2, 0.25) is 0 Å². The summed E-state index contributed by atoms with van der Waals surface area (Å²) >= 11 is 0. The molecule has 2 heterocycles. The molecule has 1 aliphatic rings. The Balaban J connectivity index is 1.37. The summed E-state index contributed by atoms with van der Waals surface area (Å²) in [6.07, 6.45) is 16.9. The number of hydrogen-bond acceptors (Lipinski definition) is 2. The highest BCUT2D eigenvalue weighted by Crippen LogP contribution is 2.38. The maximum absolute atomic E-state index is 4.07. The topological polar surface area (TPSA) is 25.8 Å². The lowest BCUT2D eigenvalue weighted by molar-refractivity contribution is 1.26. The molecule has 0 saturated heterocycles. The van der Waals surface area contributed by atoms with Crippen molar-refractivity contribution in [3.8, 4) is 11.1 Å². The minimum absolute atomic E-state index is 0.985. The first-order valence-electron chi connectivity index (χ1n) is 9.78. The van der Waals surface area contributed by atoms with Crippen LogP contribution in [0.15, 0.2) is 85.5 Å². The van der Waals surface area contributed by atoms with Gasteiger partial charge in [0.1, 0.15) is 0 Å². The van der Waals surface area contributed by atoms with Crippen molar-refractivity contribution in [3.63, 3.8) is 0 Å². The first kappa shape index (κ1) is 17.3. The second-order valence-electron chi connectivity index (χ2n) is 7.24. The van der Waals surface area contributed by atoms with E-state index < -0.39 is 0 Å². The molecule has 2 aromatic heterocycles. The third-order valence-electron chi connectivity index (χ3n) is 5.28. The summed E-state index contributed by atoms with van der Waals surface area (Å²) in [4.78, 5) is 8.13. The summed E-state index contributed by atoms with van der Waals surface area (Å²) in [5.74, 6) is 0. The number of rotatable bonds is 4. The van der Waals surface area contributed by atoms with Gasteiger partial charge in [-0.05, 0) is 75.2 Å². The van der Waals surface area contributed by atoms with Crippen LogP contribution in [0.2, 0.25) is 0 Å². The number of nitrogens with zero attached hydrogens (tertiary/aromatic N) is 2. The Labute approximate surface area is 170 Å². The highest BCUT2D eigenvalue weighted by Gasteiger charge is 2.18. The van der Waals surface area contributed by atoms with Gasteiger partial charge in [0.25, 0.3) is 0 Å².